The van der Waals surface area contributed by atoms with E-state index >= 15 is 4.39 Å². The highest BCUT2D eigenvalue weighted by molar-refractivity contribution is 5.97. The number of aryl methyl sites for hydroxylation is 1. The van der Waals surface area contributed by atoms with Gasteiger partial charge in [-0.15, -0.1) is 0 Å². The van der Waals surface area contributed by atoms with Crippen molar-refractivity contribution in [3.63, 3.8) is 0 Å². The maximum Gasteiger partial charge on any atom is 0.341 e. The first-order valence-electron chi connectivity index (χ1n) is 13.7. The first-order chi connectivity index (χ1) is 19.3. The monoisotopic (exact) mass is 549 g/mol. The number of hydrogen-bond donors (Lipinski definition) is 1. The molecular weight excluding hydrogens is 517 g/mol. The van der Waals surface area contributed by atoms with Crippen LogP contribution in [0.2, 0.25) is 0 Å². The Bertz CT molecular complexity index is 1570. The second-order valence-corrected chi connectivity index (χ2v) is 10.8. The van der Waals surface area contributed by atoms with Crippen LogP contribution in [0.15, 0.2) is 35.3 Å². The Morgan fingerprint density at radius 3 is 2.40 bits per heavy atom. The van der Waals surface area contributed by atoms with Gasteiger partial charge in [0, 0.05) is 44.3 Å². The van der Waals surface area contributed by atoms with Gasteiger partial charge in [-0.2, -0.15) is 0 Å². The van der Waals surface area contributed by atoms with E-state index in [0.29, 0.717) is 38.1 Å². The minimum absolute atomic E-state index is 0.00564. The molecule has 1 amide bonds. The van der Waals surface area contributed by atoms with Crippen molar-refractivity contribution in [1.82, 2.24) is 9.47 Å². The zero-order chi connectivity index (χ0) is 28.1. The predicted molar refractivity (Wildman–Crippen MR) is 147 cm³/mol. The van der Waals surface area contributed by atoms with E-state index in [1.54, 1.807) is 11.7 Å². The summed E-state index contributed by atoms with van der Waals surface area (Å²) in [7, 11) is 3.08. The maximum atomic E-state index is 15.6. The first-order valence-corrected chi connectivity index (χ1v) is 13.7. The molecule has 2 fully saturated rings. The molecule has 3 aromatic rings. The van der Waals surface area contributed by atoms with Crippen molar-refractivity contribution in [2.75, 3.05) is 45.3 Å². The van der Waals surface area contributed by atoms with Crippen molar-refractivity contribution in [2.45, 2.75) is 38.1 Å². The van der Waals surface area contributed by atoms with E-state index < -0.39 is 17.2 Å². The number of carbonyl (C=O) groups excluding carboxylic acids is 1. The largest absolute Gasteiger partial charge is 0.497 e. The number of aromatic carboxylic acids is 1. The van der Waals surface area contributed by atoms with Crippen LogP contribution in [0.3, 0.4) is 0 Å². The highest BCUT2D eigenvalue weighted by atomic mass is 19.1. The van der Waals surface area contributed by atoms with E-state index in [9.17, 15) is 19.5 Å². The second kappa shape index (κ2) is 10.1. The summed E-state index contributed by atoms with van der Waals surface area (Å²) in [4.78, 5) is 41.8. The number of anilines is 1. The molecule has 40 heavy (non-hydrogen) atoms. The van der Waals surface area contributed by atoms with Crippen LogP contribution in [0, 0.1) is 11.7 Å². The van der Waals surface area contributed by atoms with Gasteiger partial charge in [-0.1, -0.05) is 6.07 Å². The lowest BCUT2D eigenvalue weighted by Gasteiger charge is -2.39. The van der Waals surface area contributed by atoms with Crippen molar-refractivity contribution >= 4 is 28.5 Å². The Hall–Kier alpha value is -4.08. The Labute approximate surface area is 230 Å². The third-order valence-corrected chi connectivity index (χ3v) is 8.47. The number of rotatable bonds is 6. The minimum Gasteiger partial charge on any atom is -0.497 e. The predicted octanol–water partition coefficient (Wildman–Crippen LogP) is 3.64. The van der Waals surface area contributed by atoms with Crippen molar-refractivity contribution in [3.8, 4) is 11.5 Å². The molecule has 3 aliphatic rings. The number of benzene rings is 2. The average Bonchev–Trinajstić information content (AvgIpc) is 3.81. The van der Waals surface area contributed by atoms with Crippen LogP contribution in [-0.4, -0.2) is 66.8 Å². The number of aromatic nitrogens is 1. The normalized spacial score (nSPS) is 18.9. The molecule has 1 saturated carbocycles. The quantitative estimate of drug-likeness (QED) is 0.501. The lowest BCUT2D eigenvalue weighted by Crippen LogP contribution is -2.51. The summed E-state index contributed by atoms with van der Waals surface area (Å²) in [6.45, 7) is 1.70. The molecule has 1 atom stereocenters. The lowest BCUT2D eigenvalue weighted by atomic mass is 9.83. The number of methoxy groups -OCH3 is 2. The molecule has 1 aromatic heterocycles. The highest BCUT2D eigenvalue weighted by Crippen LogP contribution is 2.44. The molecule has 210 valence electrons. The van der Waals surface area contributed by atoms with Gasteiger partial charge in [0.25, 0.3) is 0 Å². The lowest BCUT2D eigenvalue weighted by molar-refractivity contribution is -0.136. The van der Waals surface area contributed by atoms with Crippen molar-refractivity contribution in [2.24, 2.45) is 5.92 Å². The molecule has 0 radical (unpaired) electrons. The van der Waals surface area contributed by atoms with Gasteiger partial charge in [-0.25, -0.2) is 9.18 Å². The number of amides is 1. The molecule has 1 saturated heterocycles. The summed E-state index contributed by atoms with van der Waals surface area (Å²) in [5, 5.41) is 9.55. The van der Waals surface area contributed by atoms with E-state index in [0.717, 1.165) is 37.5 Å². The number of piperazine rings is 1. The van der Waals surface area contributed by atoms with Gasteiger partial charge in [0.15, 0.2) is 11.6 Å². The van der Waals surface area contributed by atoms with E-state index in [-0.39, 0.29) is 40.3 Å². The number of carboxylic acids is 1. The number of fused-ring (bicyclic) bond motifs is 2. The summed E-state index contributed by atoms with van der Waals surface area (Å²) in [5.74, 6) is -0.911. The van der Waals surface area contributed by atoms with Gasteiger partial charge in [0.2, 0.25) is 11.3 Å². The standard InChI is InChI=1S/C30H32FN3O6/c1-39-21-8-5-17-13-19(4-3-18(17)14-21)29(36)33-11-9-32(10-12-33)26-24(31)15-22-25(28(26)40-2)34(20-6-7-20)16-23(27(22)35)30(37)38/h5,8,14-16,19-20H,3-4,6-7,9-13H2,1-2H3,(H,37,38). The van der Waals surface area contributed by atoms with Gasteiger partial charge >= 0.3 is 5.97 Å². The fourth-order valence-electron chi connectivity index (χ4n) is 6.20. The van der Waals surface area contributed by atoms with Crippen molar-refractivity contribution in [3.05, 3.63) is 63.2 Å². The van der Waals surface area contributed by atoms with Crippen LogP contribution in [0.4, 0.5) is 10.1 Å². The third-order valence-electron chi connectivity index (χ3n) is 8.47. The van der Waals surface area contributed by atoms with Gasteiger partial charge in [-0.05, 0) is 61.4 Å². The number of ether oxygens (including phenoxy) is 2. The summed E-state index contributed by atoms with van der Waals surface area (Å²) in [6.07, 6.45) is 5.34. The molecule has 1 aliphatic heterocycles. The molecule has 0 spiro atoms. The minimum atomic E-state index is -1.34. The molecule has 0 bridgehead atoms. The van der Waals surface area contributed by atoms with Crippen molar-refractivity contribution < 1.29 is 28.6 Å². The van der Waals surface area contributed by atoms with Gasteiger partial charge in [0.05, 0.1) is 25.1 Å². The average molecular weight is 550 g/mol. The Morgan fingerprint density at radius 1 is 1.00 bits per heavy atom. The summed E-state index contributed by atoms with van der Waals surface area (Å²) >= 11 is 0. The van der Waals surface area contributed by atoms with Gasteiger partial charge in [0.1, 0.15) is 17.0 Å². The van der Waals surface area contributed by atoms with Crippen LogP contribution in [0.25, 0.3) is 10.9 Å². The molecule has 9 nitrogen and oxygen atoms in total. The smallest absolute Gasteiger partial charge is 0.341 e. The van der Waals surface area contributed by atoms with Crippen LogP contribution < -0.4 is 19.8 Å². The number of pyridine rings is 1. The van der Waals surface area contributed by atoms with Crippen LogP contribution in [0.1, 0.15) is 46.8 Å². The zero-order valence-corrected chi connectivity index (χ0v) is 22.6. The maximum absolute atomic E-state index is 15.6. The molecular formula is C30H32FN3O6. The summed E-state index contributed by atoms with van der Waals surface area (Å²) < 4.78 is 28.4. The number of halogens is 1. The SMILES string of the molecule is COc1ccc2c(c1)CCC(C(=O)N1CCN(c3c(F)cc4c(=O)c(C(=O)O)cn(C5CC5)c4c3OC)CC1)C2. The number of nitrogens with zero attached hydrogens (tertiary/aromatic N) is 3. The van der Waals surface area contributed by atoms with Crippen LogP contribution >= 0.6 is 0 Å². The van der Waals surface area contributed by atoms with Gasteiger partial charge in [-0.3, -0.25) is 9.59 Å². The van der Waals surface area contributed by atoms with Crippen LogP contribution in [-0.2, 0) is 17.6 Å². The Balaban J connectivity index is 1.25. The van der Waals surface area contributed by atoms with Gasteiger partial charge < -0.3 is 28.9 Å². The molecule has 2 aromatic carbocycles. The van der Waals surface area contributed by atoms with Crippen LogP contribution in [0.5, 0.6) is 11.5 Å². The van der Waals surface area contributed by atoms with E-state index in [1.807, 2.05) is 28.0 Å². The zero-order valence-electron chi connectivity index (χ0n) is 22.6. The fourth-order valence-corrected chi connectivity index (χ4v) is 6.20. The number of carbonyl (C=O) groups is 2. The van der Waals surface area contributed by atoms with E-state index in [4.69, 9.17) is 9.47 Å². The second-order valence-electron chi connectivity index (χ2n) is 10.8. The van der Waals surface area contributed by atoms with E-state index in [1.165, 1.54) is 24.4 Å². The number of hydrogen-bond acceptors (Lipinski definition) is 6. The topological polar surface area (TPSA) is 101 Å². The third kappa shape index (κ3) is 4.45. The Kier molecular flexibility index (Phi) is 6.64. The van der Waals surface area contributed by atoms with E-state index in [2.05, 4.69) is 0 Å². The molecule has 2 aliphatic carbocycles. The highest BCUT2D eigenvalue weighted by Gasteiger charge is 2.34. The summed E-state index contributed by atoms with van der Waals surface area (Å²) in [6, 6.07) is 7.19. The first kappa shape index (κ1) is 26.2. The molecule has 6 rings (SSSR count). The molecule has 1 unspecified atom stereocenters. The number of carboxylic acid groups (broad SMARTS) is 1. The molecule has 10 heteroatoms. The van der Waals surface area contributed by atoms with Crippen molar-refractivity contribution in [1.29, 1.82) is 0 Å². The Morgan fingerprint density at radius 2 is 1.75 bits per heavy atom. The summed E-state index contributed by atoms with van der Waals surface area (Å²) in [5.41, 5.74) is 1.94. The molecule has 2 heterocycles. The fraction of sp³-hybridized carbons (Fsp3) is 0.433. The molecule has 1 N–H and O–H groups in total.